The number of para-hydroxylation sites is 1. The molecule has 0 bridgehead atoms. The summed E-state index contributed by atoms with van der Waals surface area (Å²) < 4.78 is 3.05. The van der Waals surface area contributed by atoms with Gasteiger partial charge < -0.3 is 10.2 Å². The van der Waals surface area contributed by atoms with E-state index in [1.807, 2.05) is 24.3 Å². The van der Waals surface area contributed by atoms with Gasteiger partial charge in [-0.3, -0.25) is 4.59 Å². The fraction of sp³-hybridized carbons (Fsp3) is 0. The normalized spacial score (nSPS) is 10.7. The molecule has 0 aliphatic heterocycles. The Morgan fingerprint density at radius 1 is 1.22 bits per heavy atom. The first-order valence-electron chi connectivity index (χ1n) is 5.35. The summed E-state index contributed by atoms with van der Waals surface area (Å²) in [6.45, 7) is 0. The van der Waals surface area contributed by atoms with E-state index in [9.17, 15) is 4.79 Å². The van der Waals surface area contributed by atoms with Crippen molar-refractivity contribution >= 4 is 24.4 Å². The fourth-order valence-electron chi connectivity index (χ4n) is 1.72. The molecule has 0 aliphatic carbocycles. The van der Waals surface area contributed by atoms with Crippen molar-refractivity contribution in [1.29, 1.82) is 0 Å². The minimum absolute atomic E-state index is 0.208. The molecule has 0 atom stereocenters. The van der Waals surface area contributed by atoms with E-state index in [2.05, 4.69) is 15.3 Å². The topological polar surface area (TPSA) is 91.6 Å². The van der Waals surface area contributed by atoms with Crippen LogP contribution in [0.4, 0.5) is 5.82 Å². The summed E-state index contributed by atoms with van der Waals surface area (Å²) in [7, 11) is 0.257. The number of anilines is 1. The molecule has 0 saturated heterocycles. The van der Waals surface area contributed by atoms with Gasteiger partial charge in [0.25, 0.3) is 0 Å². The van der Waals surface area contributed by atoms with E-state index in [1.54, 1.807) is 16.9 Å². The molecule has 0 saturated carbocycles. The number of nitrogens with two attached hydrogens (primary N) is 1. The maximum atomic E-state index is 11.6. The zero-order valence-corrected chi connectivity index (χ0v) is 9.39. The highest BCUT2D eigenvalue weighted by Crippen LogP contribution is 2.07. The second kappa shape index (κ2) is 3.99. The lowest BCUT2D eigenvalue weighted by molar-refractivity contribution is 0.856. The van der Waals surface area contributed by atoms with E-state index < -0.39 is 5.69 Å². The first-order valence-corrected chi connectivity index (χ1v) is 5.35. The molecule has 0 spiro atoms. The average molecular weight is 240 g/mol. The number of hydrogen-bond acceptors (Lipinski definition) is 5. The van der Waals surface area contributed by atoms with Crippen LogP contribution in [0.2, 0.25) is 0 Å². The van der Waals surface area contributed by atoms with E-state index in [1.165, 1.54) is 4.48 Å². The predicted molar refractivity (Wildman–Crippen MR) is 68.4 cm³/mol. The first-order chi connectivity index (χ1) is 8.74. The molecule has 2 heterocycles. The van der Waals surface area contributed by atoms with Crippen LogP contribution in [0.15, 0.2) is 41.3 Å². The molecule has 7 nitrogen and oxygen atoms in total. The molecule has 0 aliphatic rings. The third-order valence-electron chi connectivity index (χ3n) is 2.60. The van der Waals surface area contributed by atoms with Crippen molar-refractivity contribution in [2.75, 3.05) is 5.73 Å². The van der Waals surface area contributed by atoms with Gasteiger partial charge in [0, 0.05) is 6.20 Å². The summed E-state index contributed by atoms with van der Waals surface area (Å²) in [4.78, 5) is 15.3. The Bertz CT molecular complexity index is 764. The van der Waals surface area contributed by atoms with E-state index >= 15 is 0 Å². The van der Waals surface area contributed by atoms with Crippen LogP contribution in [0.3, 0.4) is 0 Å². The SMILES string of the molecule is Nc1ccn(Bn2nnc3ccccc32)c(=O)n1. The number of hydrogen-bond donors (Lipinski definition) is 1. The Morgan fingerprint density at radius 2 is 2.06 bits per heavy atom. The fourth-order valence-corrected chi connectivity index (χ4v) is 1.72. The maximum absolute atomic E-state index is 11.6. The van der Waals surface area contributed by atoms with Crippen molar-refractivity contribution in [3.8, 4) is 0 Å². The van der Waals surface area contributed by atoms with Gasteiger partial charge in [-0.25, -0.2) is 4.79 Å². The number of nitrogen functional groups attached to an aromatic ring is 1. The average Bonchev–Trinajstić information content (AvgIpc) is 2.76. The van der Waals surface area contributed by atoms with Crippen LogP contribution in [-0.4, -0.2) is 31.9 Å². The first kappa shape index (κ1) is 10.5. The molecule has 0 fully saturated rings. The summed E-state index contributed by atoms with van der Waals surface area (Å²) in [6.07, 6.45) is 1.58. The molecular formula is C10H9BN6O. The molecule has 0 amide bonds. The van der Waals surface area contributed by atoms with E-state index in [4.69, 9.17) is 5.73 Å². The van der Waals surface area contributed by atoms with E-state index in [0.29, 0.717) is 0 Å². The Balaban J connectivity index is 2.04. The predicted octanol–water partition coefficient (Wildman–Crippen LogP) is -0.767. The van der Waals surface area contributed by atoms with Crippen molar-refractivity contribution in [3.05, 3.63) is 47.0 Å². The zero-order valence-electron chi connectivity index (χ0n) is 9.39. The summed E-state index contributed by atoms with van der Waals surface area (Å²) >= 11 is 0. The van der Waals surface area contributed by atoms with Gasteiger partial charge in [0.2, 0.25) is 0 Å². The highest BCUT2D eigenvalue weighted by atomic mass is 16.1. The van der Waals surface area contributed by atoms with Gasteiger partial charge in [-0.2, -0.15) is 4.98 Å². The lowest BCUT2D eigenvalue weighted by atomic mass is 10.1. The lowest BCUT2D eigenvalue weighted by Gasteiger charge is -2.03. The molecule has 8 heteroatoms. The molecular weight excluding hydrogens is 231 g/mol. The van der Waals surface area contributed by atoms with Crippen LogP contribution in [0.1, 0.15) is 0 Å². The van der Waals surface area contributed by atoms with Crippen molar-refractivity contribution in [1.82, 2.24) is 24.4 Å². The minimum Gasteiger partial charge on any atom is -0.383 e. The van der Waals surface area contributed by atoms with Crippen molar-refractivity contribution in [2.45, 2.75) is 0 Å². The van der Waals surface area contributed by atoms with Gasteiger partial charge in [-0.1, -0.05) is 17.3 Å². The smallest absolute Gasteiger partial charge is 0.383 e. The lowest BCUT2D eigenvalue weighted by Crippen LogP contribution is -2.31. The van der Waals surface area contributed by atoms with Gasteiger partial charge >= 0.3 is 13.2 Å². The third kappa shape index (κ3) is 1.73. The quantitative estimate of drug-likeness (QED) is 0.594. The van der Waals surface area contributed by atoms with Crippen molar-refractivity contribution in [2.24, 2.45) is 0 Å². The highest BCUT2D eigenvalue weighted by molar-refractivity contribution is 6.32. The van der Waals surface area contributed by atoms with Crippen LogP contribution >= 0.6 is 0 Å². The second-order valence-corrected chi connectivity index (χ2v) is 3.82. The molecule has 0 radical (unpaired) electrons. The summed E-state index contributed by atoms with van der Waals surface area (Å²) in [5.74, 6) is 0.208. The number of nitrogens with zero attached hydrogens (tertiary/aromatic N) is 5. The van der Waals surface area contributed by atoms with Gasteiger partial charge in [0.15, 0.2) is 0 Å². The third-order valence-corrected chi connectivity index (χ3v) is 2.60. The number of rotatable bonds is 2. The van der Waals surface area contributed by atoms with Gasteiger partial charge in [-0.15, -0.1) is 5.10 Å². The minimum atomic E-state index is -0.408. The van der Waals surface area contributed by atoms with Crippen molar-refractivity contribution in [3.63, 3.8) is 0 Å². The zero-order chi connectivity index (χ0) is 12.5. The van der Waals surface area contributed by atoms with E-state index in [0.717, 1.165) is 11.0 Å². The van der Waals surface area contributed by atoms with Gasteiger partial charge in [0.05, 0.1) is 5.52 Å². The molecule has 0 unspecified atom stereocenters. The Hall–Kier alpha value is -2.64. The number of fused-ring (bicyclic) bond motifs is 1. The van der Waals surface area contributed by atoms with Crippen LogP contribution in [0.25, 0.3) is 11.0 Å². The summed E-state index contributed by atoms with van der Waals surface area (Å²) in [5.41, 5.74) is 6.67. The second-order valence-electron chi connectivity index (χ2n) is 3.82. The molecule has 1 aromatic carbocycles. The summed E-state index contributed by atoms with van der Waals surface area (Å²) in [6, 6.07) is 9.11. The largest absolute Gasteiger partial charge is 0.391 e. The molecule has 3 aromatic rings. The van der Waals surface area contributed by atoms with Crippen LogP contribution < -0.4 is 11.4 Å². The number of aromatic nitrogens is 5. The number of benzene rings is 1. The highest BCUT2D eigenvalue weighted by Gasteiger charge is 2.07. The maximum Gasteiger partial charge on any atom is 0.391 e. The van der Waals surface area contributed by atoms with E-state index in [-0.39, 0.29) is 13.4 Å². The molecule has 18 heavy (non-hydrogen) atoms. The Kier molecular flexibility index (Phi) is 2.33. The monoisotopic (exact) mass is 240 g/mol. The molecule has 3 rings (SSSR count). The summed E-state index contributed by atoms with van der Waals surface area (Å²) in [5, 5.41) is 8.02. The van der Waals surface area contributed by atoms with Crippen LogP contribution in [0, 0.1) is 0 Å². The van der Waals surface area contributed by atoms with Gasteiger partial charge in [0.1, 0.15) is 11.3 Å². The van der Waals surface area contributed by atoms with Gasteiger partial charge in [-0.05, 0) is 18.2 Å². The molecule has 2 N–H and O–H groups in total. The molecule has 88 valence electrons. The van der Waals surface area contributed by atoms with Crippen molar-refractivity contribution < 1.29 is 0 Å². The standard InChI is InChI=1S/C10H9BN6O/c12-9-5-6-16(10(18)13-9)11-17-8-4-2-1-3-7(8)14-15-17/h1-6,11H,(H2,12,13,18). The Labute approximate surface area is 102 Å². The molecule has 2 aromatic heterocycles. The van der Waals surface area contributed by atoms with Crippen LogP contribution in [0.5, 0.6) is 0 Å². The van der Waals surface area contributed by atoms with Crippen LogP contribution in [-0.2, 0) is 0 Å². The Morgan fingerprint density at radius 3 is 2.89 bits per heavy atom.